The van der Waals surface area contributed by atoms with Gasteiger partial charge in [-0.25, -0.2) is 0 Å². The highest BCUT2D eigenvalue weighted by Crippen LogP contribution is 2.15. The Morgan fingerprint density at radius 3 is 1.14 bits per heavy atom. The van der Waals surface area contributed by atoms with Crippen LogP contribution in [0.5, 0.6) is 0 Å². The van der Waals surface area contributed by atoms with Crippen LogP contribution in [-0.2, 0) is 14.9 Å². The maximum Gasteiger partial charge on any atom is 0.267 e. The van der Waals surface area contributed by atoms with Crippen LogP contribution in [0.25, 0.3) is 0 Å². The number of carbonyl (C=O) groups excluding carboxylic acids is 1. The summed E-state index contributed by atoms with van der Waals surface area (Å²) >= 11 is 0. The molecule has 0 bridgehead atoms. The Bertz CT molecular complexity index is 1120. The lowest BCUT2D eigenvalue weighted by molar-refractivity contribution is -0.130. The van der Waals surface area contributed by atoms with Crippen molar-refractivity contribution in [3.63, 3.8) is 0 Å². The predicted molar refractivity (Wildman–Crippen MR) is 250 cm³/mol. The number of allylic oxidation sites excluding steroid dienone is 7. The van der Waals surface area contributed by atoms with Crippen LogP contribution in [0.2, 0.25) is 0 Å². The minimum Gasteiger partial charge on any atom is -0.387 e. The maximum absolute atomic E-state index is 12.6. The largest absolute Gasteiger partial charge is 0.387 e. The van der Waals surface area contributed by atoms with Crippen LogP contribution < -0.4 is 5.32 Å². The lowest BCUT2D eigenvalue weighted by Gasteiger charge is -2.22. The molecule has 8 heteroatoms. The molecule has 0 aliphatic heterocycles. The highest BCUT2D eigenvalue weighted by atomic mass is 32.2. The summed E-state index contributed by atoms with van der Waals surface area (Å²) in [6.07, 6.45) is 56.1. The van der Waals surface area contributed by atoms with Gasteiger partial charge in [-0.1, -0.05) is 217 Å². The molecule has 0 spiro atoms. The number of amides is 1. The lowest BCUT2D eigenvalue weighted by Crippen LogP contribution is -2.50. The smallest absolute Gasteiger partial charge is 0.267 e. The molecule has 3 unspecified atom stereocenters. The van der Waals surface area contributed by atoms with Crippen LogP contribution >= 0.6 is 0 Å². The molecule has 0 aromatic rings. The quantitative estimate of drug-likeness (QED) is 0.0275. The summed E-state index contributed by atoms with van der Waals surface area (Å²) in [6.45, 7) is 4.54. The van der Waals surface area contributed by atoms with Crippen LogP contribution in [0.1, 0.15) is 239 Å². The molecule has 0 heterocycles. The molecule has 4 N–H and O–H groups in total. The van der Waals surface area contributed by atoms with Gasteiger partial charge in [-0.05, 0) is 70.6 Å². The SMILES string of the molecule is CCCCCCCCCCCC/C=C/CC/C=C/CC/C=C/C(O)C(CS(=O)(=O)O)NC(=O)C(O)CCCCCCCC/C=C\CCCCCCCCCCCCC. The summed E-state index contributed by atoms with van der Waals surface area (Å²) in [7, 11) is -4.46. The van der Waals surface area contributed by atoms with Gasteiger partial charge >= 0.3 is 0 Å². The van der Waals surface area contributed by atoms with Crippen molar-refractivity contribution in [2.24, 2.45) is 0 Å². The van der Waals surface area contributed by atoms with E-state index in [0.29, 0.717) is 12.8 Å². The van der Waals surface area contributed by atoms with Gasteiger partial charge in [-0.15, -0.1) is 0 Å². The monoisotopic (exact) mass is 836 g/mol. The molecular weight excluding hydrogens is 743 g/mol. The van der Waals surface area contributed by atoms with E-state index in [4.69, 9.17) is 0 Å². The fourth-order valence-corrected chi connectivity index (χ4v) is 8.04. The lowest BCUT2D eigenvalue weighted by atomic mass is 10.0. The predicted octanol–water partition coefficient (Wildman–Crippen LogP) is 14.0. The van der Waals surface area contributed by atoms with E-state index in [1.165, 1.54) is 160 Å². The minimum absolute atomic E-state index is 0.264. The minimum atomic E-state index is -4.46. The number of carbonyl (C=O) groups is 1. The number of hydrogen-bond acceptors (Lipinski definition) is 5. The molecule has 1 amide bonds. The average molecular weight is 836 g/mol. The molecule has 0 aromatic carbocycles. The first kappa shape index (κ1) is 56.3. The van der Waals surface area contributed by atoms with E-state index in [-0.39, 0.29) is 6.42 Å². The summed E-state index contributed by atoms with van der Waals surface area (Å²) < 4.78 is 32.7. The Hall–Kier alpha value is -1.74. The Labute approximate surface area is 359 Å². The van der Waals surface area contributed by atoms with Crippen molar-refractivity contribution in [3.05, 3.63) is 48.6 Å². The van der Waals surface area contributed by atoms with Crippen molar-refractivity contribution in [3.8, 4) is 0 Å². The molecule has 0 aliphatic rings. The number of rotatable bonds is 44. The molecule has 3 atom stereocenters. The van der Waals surface area contributed by atoms with Gasteiger partial charge in [-0.3, -0.25) is 9.35 Å². The maximum atomic E-state index is 12.6. The molecule has 0 radical (unpaired) electrons. The summed E-state index contributed by atoms with van der Waals surface area (Å²) in [5, 5.41) is 23.5. The Morgan fingerprint density at radius 2 is 0.776 bits per heavy atom. The van der Waals surface area contributed by atoms with Crippen molar-refractivity contribution in [1.82, 2.24) is 5.32 Å². The van der Waals surface area contributed by atoms with E-state index in [9.17, 15) is 28.0 Å². The van der Waals surface area contributed by atoms with Gasteiger partial charge in [0.1, 0.15) is 6.10 Å². The second-order valence-electron chi connectivity index (χ2n) is 16.9. The molecule has 0 rings (SSSR count). The van der Waals surface area contributed by atoms with Gasteiger partial charge in [0, 0.05) is 0 Å². The molecule has 340 valence electrons. The zero-order valence-corrected chi connectivity index (χ0v) is 38.6. The Balaban J connectivity index is 4.01. The Morgan fingerprint density at radius 1 is 0.466 bits per heavy atom. The normalized spacial score (nSPS) is 14.1. The van der Waals surface area contributed by atoms with E-state index in [1.807, 2.05) is 0 Å². The second kappa shape index (κ2) is 43.4. The highest BCUT2D eigenvalue weighted by molar-refractivity contribution is 7.85. The standard InChI is InChI=1S/C50H93NO6S/c1-3-5-7-9-11-13-15-17-19-21-23-25-27-29-31-33-35-37-39-41-43-45-49(53)50(54)51-47(46-58(55,56)57)48(52)44-42-40-38-36-34-32-30-28-26-24-22-20-18-16-14-12-10-8-6-4-2/h26-29,34,36,42,44,47-49,52-53H,3-25,30-33,35,37-41,43,45-46H2,1-2H3,(H,51,54)(H,55,56,57)/b28-26+,29-27-,36-34+,44-42+. The summed E-state index contributed by atoms with van der Waals surface area (Å²) in [4.78, 5) is 12.6. The molecule has 0 saturated carbocycles. The van der Waals surface area contributed by atoms with Crippen LogP contribution in [0.3, 0.4) is 0 Å². The highest BCUT2D eigenvalue weighted by Gasteiger charge is 2.27. The Kier molecular flexibility index (Phi) is 42.1. The third-order valence-corrected chi connectivity index (χ3v) is 11.8. The fourth-order valence-electron chi connectivity index (χ4n) is 7.31. The third kappa shape index (κ3) is 42.4. The van der Waals surface area contributed by atoms with Crippen molar-refractivity contribution >= 4 is 16.0 Å². The van der Waals surface area contributed by atoms with Crippen molar-refractivity contribution in [1.29, 1.82) is 0 Å². The molecule has 0 saturated heterocycles. The molecular formula is C50H93NO6S. The molecule has 0 aliphatic carbocycles. The number of unbranched alkanes of at least 4 members (excludes halogenated alkanes) is 29. The zero-order valence-electron chi connectivity index (χ0n) is 37.8. The van der Waals surface area contributed by atoms with Crippen molar-refractivity contribution < 1.29 is 28.0 Å². The number of aliphatic hydroxyl groups excluding tert-OH is 2. The van der Waals surface area contributed by atoms with E-state index < -0.39 is 40.0 Å². The van der Waals surface area contributed by atoms with Gasteiger partial charge in [0.05, 0.1) is 17.9 Å². The first-order chi connectivity index (χ1) is 28.2. The topological polar surface area (TPSA) is 124 Å². The van der Waals surface area contributed by atoms with Crippen molar-refractivity contribution in [2.75, 3.05) is 5.75 Å². The second-order valence-corrected chi connectivity index (χ2v) is 18.4. The average Bonchev–Trinajstić information content (AvgIpc) is 3.19. The summed E-state index contributed by atoms with van der Waals surface area (Å²) in [5.41, 5.74) is 0. The van der Waals surface area contributed by atoms with Crippen LogP contribution in [0, 0.1) is 0 Å². The van der Waals surface area contributed by atoms with Gasteiger partial charge < -0.3 is 15.5 Å². The first-order valence-corrected chi connectivity index (χ1v) is 26.1. The van der Waals surface area contributed by atoms with Gasteiger partial charge in [0.2, 0.25) is 5.91 Å². The van der Waals surface area contributed by atoms with Gasteiger partial charge in [0.15, 0.2) is 0 Å². The van der Waals surface area contributed by atoms with Crippen molar-refractivity contribution in [2.45, 2.75) is 257 Å². The molecule has 0 aromatic heterocycles. The number of nitrogens with one attached hydrogen (secondary N) is 1. The van der Waals surface area contributed by atoms with Gasteiger partial charge in [-0.2, -0.15) is 8.42 Å². The molecule has 0 fully saturated rings. The fraction of sp³-hybridized carbons (Fsp3) is 0.820. The van der Waals surface area contributed by atoms with E-state index in [1.54, 1.807) is 6.08 Å². The van der Waals surface area contributed by atoms with E-state index in [2.05, 4.69) is 55.6 Å². The summed E-state index contributed by atoms with van der Waals surface area (Å²) in [5.74, 6) is -1.57. The number of hydrogen-bond donors (Lipinski definition) is 4. The number of aliphatic hydroxyl groups is 2. The van der Waals surface area contributed by atoms with E-state index in [0.717, 1.165) is 51.4 Å². The van der Waals surface area contributed by atoms with Gasteiger partial charge in [0.25, 0.3) is 10.1 Å². The van der Waals surface area contributed by atoms with Crippen LogP contribution in [0.15, 0.2) is 48.6 Å². The summed E-state index contributed by atoms with van der Waals surface area (Å²) in [6, 6.07) is -1.26. The first-order valence-electron chi connectivity index (χ1n) is 24.4. The van der Waals surface area contributed by atoms with E-state index >= 15 is 0 Å². The molecule has 7 nitrogen and oxygen atoms in total. The third-order valence-electron chi connectivity index (χ3n) is 11.1. The zero-order chi connectivity index (χ0) is 42.6. The van der Waals surface area contributed by atoms with Crippen LogP contribution in [0.4, 0.5) is 0 Å². The van der Waals surface area contributed by atoms with Crippen LogP contribution in [-0.4, -0.2) is 53.1 Å². The molecule has 58 heavy (non-hydrogen) atoms.